The Bertz CT molecular complexity index is 1680. The number of fused-ring (bicyclic) bond motifs is 1. The number of esters is 1. The van der Waals surface area contributed by atoms with Crippen molar-refractivity contribution in [1.82, 2.24) is 29.4 Å². The predicted molar refractivity (Wildman–Crippen MR) is 173 cm³/mol. The molecule has 0 aromatic carbocycles. The molecule has 13 heteroatoms. The van der Waals surface area contributed by atoms with Crippen molar-refractivity contribution >= 4 is 37.1 Å². The van der Waals surface area contributed by atoms with Gasteiger partial charge in [0.1, 0.15) is 23.7 Å². The minimum atomic E-state index is -1.32. The van der Waals surface area contributed by atoms with Gasteiger partial charge in [0.05, 0.1) is 23.3 Å². The molecule has 240 valence electrons. The summed E-state index contributed by atoms with van der Waals surface area (Å²) in [6.07, 6.45) is 2.61. The number of carbonyl (C=O) groups excluding carboxylic acids is 3. The minimum absolute atomic E-state index is 0.0000198. The molecule has 12 nitrogen and oxygen atoms in total. The van der Waals surface area contributed by atoms with Crippen LogP contribution < -0.4 is 5.32 Å². The summed E-state index contributed by atoms with van der Waals surface area (Å²) in [5, 5.41) is 2.93. The maximum atomic E-state index is 13.4. The van der Waals surface area contributed by atoms with Crippen LogP contribution in [0.2, 0.25) is 25.7 Å². The highest BCUT2D eigenvalue weighted by molar-refractivity contribution is 6.76. The van der Waals surface area contributed by atoms with E-state index in [9.17, 15) is 14.4 Å². The number of nitrogens with zero attached hydrogens (tertiary/aromatic N) is 5. The van der Waals surface area contributed by atoms with Crippen molar-refractivity contribution in [3.05, 3.63) is 65.5 Å². The molecule has 0 aliphatic carbocycles. The van der Waals surface area contributed by atoms with Gasteiger partial charge in [0.2, 0.25) is 5.82 Å². The van der Waals surface area contributed by atoms with Crippen molar-refractivity contribution in [3.8, 4) is 11.4 Å². The largest absolute Gasteiger partial charge is 0.461 e. The number of ether oxygens (including phenoxy) is 3. The summed E-state index contributed by atoms with van der Waals surface area (Å²) in [7, 11) is -1.32. The van der Waals surface area contributed by atoms with Crippen LogP contribution in [-0.2, 0) is 27.5 Å². The van der Waals surface area contributed by atoms with Gasteiger partial charge in [0, 0.05) is 39.3 Å². The standard InChI is InChI=1S/C32H42N6O6Si/c1-9-43-30(40)26-18-24-25(38(26)31(41)44-32(3,4)5)11-10-23(35-24)27-21(2)37(20-42-16-17-45(6,7)8)28(36-27)29(39)34-19-22-12-14-33-15-13-22/h10-15,18H,9,16-17,19-20H2,1-8H3,(H,34,39). The SMILES string of the molecule is CCOC(=O)c1cc2nc(-c3nc(C(=O)NCc4ccncc4)n(COCC[Si](C)(C)C)c3C)ccc2n1C(=O)OC(C)(C)C. The van der Waals surface area contributed by atoms with Crippen LogP contribution in [0.15, 0.2) is 42.7 Å². The monoisotopic (exact) mass is 634 g/mol. The molecule has 0 aliphatic heterocycles. The van der Waals surface area contributed by atoms with Crippen molar-refractivity contribution in [2.24, 2.45) is 0 Å². The second kappa shape index (κ2) is 13.7. The van der Waals surface area contributed by atoms with Crippen molar-refractivity contribution in [2.45, 2.75) is 79.2 Å². The van der Waals surface area contributed by atoms with Crippen LogP contribution >= 0.6 is 0 Å². The highest BCUT2D eigenvalue weighted by atomic mass is 28.3. The van der Waals surface area contributed by atoms with E-state index in [1.807, 2.05) is 19.1 Å². The van der Waals surface area contributed by atoms with E-state index in [1.165, 1.54) is 10.6 Å². The van der Waals surface area contributed by atoms with Gasteiger partial charge in [-0.1, -0.05) is 19.6 Å². The van der Waals surface area contributed by atoms with E-state index in [1.54, 1.807) is 56.8 Å². The summed E-state index contributed by atoms with van der Waals surface area (Å²) in [4.78, 5) is 52.9. The average molecular weight is 635 g/mol. The molecule has 0 atom stereocenters. The number of hydrogen-bond acceptors (Lipinski definition) is 9. The van der Waals surface area contributed by atoms with Crippen LogP contribution in [-0.4, -0.2) is 68.9 Å². The second-order valence-electron chi connectivity index (χ2n) is 12.9. The molecule has 0 saturated heterocycles. The number of pyridine rings is 2. The minimum Gasteiger partial charge on any atom is -0.461 e. The number of amides is 1. The van der Waals surface area contributed by atoms with Crippen LogP contribution in [0.3, 0.4) is 0 Å². The zero-order chi connectivity index (χ0) is 32.9. The van der Waals surface area contributed by atoms with Crippen LogP contribution in [0.25, 0.3) is 22.4 Å². The zero-order valence-corrected chi connectivity index (χ0v) is 28.3. The molecule has 45 heavy (non-hydrogen) atoms. The second-order valence-corrected chi connectivity index (χ2v) is 18.5. The van der Waals surface area contributed by atoms with Gasteiger partial charge in [-0.3, -0.25) is 14.3 Å². The maximum Gasteiger partial charge on any atom is 0.419 e. The molecule has 0 spiro atoms. The fraction of sp³-hybridized carbons (Fsp3) is 0.438. The Kier molecular flexibility index (Phi) is 10.2. The van der Waals surface area contributed by atoms with E-state index in [0.29, 0.717) is 41.3 Å². The fourth-order valence-electron chi connectivity index (χ4n) is 4.48. The molecule has 0 unspecified atom stereocenters. The lowest BCUT2D eigenvalue weighted by Gasteiger charge is -2.20. The molecular formula is C32H42N6O6Si. The Morgan fingerprint density at radius 2 is 1.73 bits per heavy atom. The predicted octanol–water partition coefficient (Wildman–Crippen LogP) is 5.81. The highest BCUT2D eigenvalue weighted by Crippen LogP contribution is 2.28. The van der Waals surface area contributed by atoms with E-state index in [2.05, 4.69) is 29.9 Å². The van der Waals surface area contributed by atoms with E-state index in [0.717, 1.165) is 11.6 Å². The molecule has 0 aliphatic rings. The Morgan fingerprint density at radius 1 is 1.02 bits per heavy atom. The third kappa shape index (κ3) is 8.42. The van der Waals surface area contributed by atoms with Gasteiger partial charge in [-0.25, -0.2) is 24.1 Å². The van der Waals surface area contributed by atoms with Crippen molar-refractivity contribution in [2.75, 3.05) is 13.2 Å². The molecule has 0 radical (unpaired) electrons. The quantitative estimate of drug-likeness (QED) is 0.123. The first-order chi connectivity index (χ1) is 21.2. The van der Waals surface area contributed by atoms with Crippen molar-refractivity contribution in [3.63, 3.8) is 0 Å². The van der Waals surface area contributed by atoms with E-state index >= 15 is 0 Å². The smallest absolute Gasteiger partial charge is 0.419 e. The summed E-state index contributed by atoms with van der Waals surface area (Å²) in [5.41, 5.74) is 2.47. The number of nitrogens with one attached hydrogen (secondary N) is 1. The van der Waals surface area contributed by atoms with Crippen LogP contribution in [0.1, 0.15) is 60.1 Å². The lowest BCUT2D eigenvalue weighted by Crippen LogP contribution is -2.29. The third-order valence-electron chi connectivity index (χ3n) is 6.80. The van der Waals surface area contributed by atoms with Gasteiger partial charge in [0.15, 0.2) is 0 Å². The first-order valence-corrected chi connectivity index (χ1v) is 18.6. The Morgan fingerprint density at radius 3 is 2.38 bits per heavy atom. The van der Waals surface area contributed by atoms with Gasteiger partial charge >= 0.3 is 12.1 Å². The molecular weight excluding hydrogens is 592 g/mol. The average Bonchev–Trinajstić information content (AvgIpc) is 3.51. The van der Waals surface area contributed by atoms with Gasteiger partial charge in [-0.15, -0.1) is 0 Å². The van der Waals surface area contributed by atoms with Gasteiger partial charge in [0.25, 0.3) is 5.91 Å². The number of aromatic nitrogens is 5. The Balaban J connectivity index is 1.73. The summed E-state index contributed by atoms with van der Waals surface area (Å²) >= 11 is 0. The molecule has 1 amide bonds. The molecule has 0 bridgehead atoms. The summed E-state index contributed by atoms with van der Waals surface area (Å²) in [5.74, 6) is -0.853. The molecule has 4 aromatic heterocycles. The van der Waals surface area contributed by atoms with Gasteiger partial charge < -0.3 is 19.5 Å². The molecule has 4 rings (SSSR count). The number of rotatable bonds is 11. The lowest BCUT2D eigenvalue weighted by molar-refractivity contribution is 0.0454. The normalized spacial score (nSPS) is 11.9. The number of imidazole rings is 1. The van der Waals surface area contributed by atoms with Crippen LogP contribution in [0, 0.1) is 6.92 Å². The van der Waals surface area contributed by atoms with E-state index in [4.69, 9.17) is 24.2 Å². The first kappa shape index (κ1) is 33.5. The highest BCUT2D eigenvalue weighted by Gasteiger charge is 2.28. The zero-order valence-electron chi connectivity index (χ0n) is 27.3. The molecule has 0 fully saturated rings. The van der Waals surface area contributed by atoms with Crippen LogP contribution in [0.4, 0.5) is 4.79 Å². The molecule has 0 saturated carbocycles. The van der Waals surface area contributed by atoms with Crippen molar-refractivity contribution in [1.29, 1.82) is 0 Å². The maximum absolute atomic E-state index is 13.4. The first-order valence-electron chi connectivity index (χ1n) is 14.9. The van der Waals surface area contributed by atoms with Crippen molar-refractivity contribution < 1.29 is 28.6 Å². The fourth-order valence-corrected chi connectivity index (χ4v) is 5.24. The Labute approximate surface area is 264 Å². The molecule has 1 N–H and O–H groups in total. The topological polar surface area (TPSA) is 139 Å². The Hall–Kier alpha value is -4.36. The number of carbonyl (C=O) groups is 3. The number of hydrogen-bond donors (Lipinski definition) is 1. The lowest BCUT2D eigenvalue weighted by atomic mass is 10.2. The summed E-state index contributed by atoms with van der Waals surface area (Å²) < 4.78 is 19.7. The van der Waals surface area contributed by atoms with Gasteiger partial charge in [-0.2, -0.15) is 0 Å². The van der Waals surface area contributed by atoms with E-state index < -0.39 is 25.7 Å². The van der Waals surface area contributed by atoms with E-state index in [-0.39, 0.29) is 30.8 Å². The molecule has 4 heterocycles. The van der Waals surface area contributed by atoms with Crippen LogP contribution in [0.5, 0.6) is 0 Å². The van der Waals surface area contributed by atoms with Gasteiger partial charge in [-0.05, 0) is 76.6 Å². The summed E-state index contributed by atoms with van der Waals surface area (Å²) in [6, 6.07) is 9.51. The third-order valence-corrected chi connectivity index (χ3v) is 8.51. The molecule has 4 aromatic rings. The summed E-state index contributed by atoms with van der Waals surface area (Å²) in [6.45, 7) is 16.8.